The van der Waals surface area contributed by atoms with Gasteiger partial charge in [0.05, 0.1) is 6.10 Å². The third-order valence-electron chi connectivity index (χ3n) is 5.18. The maximum absolute atomic E-state index is 12.3. The number of aryl methyl sites for hydroxylation is 1. The van der Waals surface area contributed by atoms with Crippen molar-refractivity contribution in [3.05, 3.63) is 77.9 Å². The van der Waals surface area contributed by atoms with Crippen LogP contribution in [0.3, 0.4) is 0 Å². The molecule has 1 saturated heterocycles. The van der Waals surface area contributed by atoms with E-state index in [1.165, 1.54) is 5.56 Å². The molecule has 1 N–H and O–H groups in total. The van der Waals surface area contributed by atoms with E-state index in [1.807, 2.05) is 59.5 Å². The molecule has 2 aromatic rings. The molecular weight excluding hydrogens is 322 g/mol. The first-order valence-corrected chi connectivity index (χ1v) is 9.46. The maximum atomic E-state index is 12.3. The lowest BCUT2D eigenvalue weighted by atomic mass is 9.88. The molecule has 0 bridgehead atoms. The van der Waals surface area contributed by atoms with Crippen LogP contribution in [0.1, 0.15) is 30.4 Å². The predicted molar refractivity (Wildman–Crippen MR) is 106 cm³/mol. The first kappa shape index (κ1) is 18.4. The maximum Gasteiger partial charge on any atom is 0.246 e. The highest BCUT2D eigenvalue weighted by atomic mass is 16.3. The van der Waals surface area contributed by atoms with Crippen molar-refractivity contribution in [3.8, 4) is 0 Å². The normalized spacial score (nSPS) is 16.7. The second kappa shape index (κ2) is 9.35. The van der Waals surface area contributed by atoms with Crippen molar-refractivity contribution in [1.29, 1.82) is 0 Å². The van der Waals surface area contributed by atoms with E-state index in [-0.39, 0.29) is 12.0 Å². The number of benzene rings is 2. The molecule has 0 aliphatic carbocycles. The fraction of sp³-hybridized carbons (Fsp3) is 0.348. The van der Waals surface area contributed by atoms with E-state index in [0.29, 0.717) is 5.92 Å². The lowest BCUT2D eigenvalue weighted by molar-refractivity contribution is -0.127. The molecule has 0 unspecified atom stereocenters. The Morgan fingerprint density at radius 2 is 1.65 bits per heavy atom. The number of carbonyl (C=O) groups excluding carboxylic acids is 1. The third-order valence-corrected chi connectivity index (χ3v) is 5.18. The number of aliphatic hydroxyl groups is 1. The number of aliphatic hydroxyl groups excluding tert-OH is 1. The summed E-state index contributed by atoms with van der Waals surface area (Å²) in [6.07, 6.45) is 6.68. The number of piperidine rings is 1. The van der Waals surface area contributed by atoms with Gasteiger partial charge in [0.15, 0.2) is 0 Å². The van der Waals surface area contributed by atoms with E-state index >= 15 is 0 Å². The van der Waals surface area contributed by atoms with Crippen LogP contribution in [0.15, 0.2) is 66.7 Å². The van der Waals surface area contributed by atoms with Crippen molar-refractivity contribution in [2.75, 3.05) is 13.1 Å². The van der Waals surface area contributed by atoms with Crippen molar-refractivity contribution in [2.45, 2.75) is 31.8 Å². The van der Waals surface area contributed by atoms with Gasteiger partial charge in [0.25, 0.3) is 0 Å². The zero-order valence-electron chi connectivity index (χ0n) is 15.1. The van der Waals surface area contributed by atoms with Crippen LogP contribution in [0.4, 0.5) is 0 Å². The van der Waals surface area contributed by atoms with Crippen molar-refractivity contribution in [1.82, 2.24) is 4.90 Å². The molecule has 1 atom stereocenters. The number of carbonyl (C=O) groups is 1. The van der Waals surface area contributed by atoms with E-state index in [4.69, 9.17) is 0 Å². The summed E-state index contributed by atoms with van der Waals surface area (Å²) in [4.78, 5) is 14.2. The minimum Gasteiger partial charge on any atom is -0.393 e. The smallest absolute Gasteiger partial charge is 0.246 e. The number of nitrogens with zero attached hydrogens (tertiary/aromatic N) is 1. The number of rotatable bonds is 6. The number of hydrogen-bond acceptors (Lipinski definition) is 2. The molecule has 0 aromatic heterocycles. The average Bonchev–Trinajstić information content (AvgIpc) is 2.72. The molecule has 3 rings (SSSR count). The van der Waals surface area contributed by atoms with Gasteiger partial charge in [-0.25, -0.2) is 0 Å². The topological polar surface area (TPSA) is 40.5 Å². The molecule has 3 nitrogen and oxygen atoms in total. The molecule has 1 fully saturated rings. The number of hydrogen-bond donors (Lipinski definition) is 1. The van der Waals surface area contributed by atoms with Gasteiger partial charge in [-0.15, -0.1) is 0 Å². The van der Waals surface area contributed by atoms with Gasteiger partial charge < -0.3 is 10.0 Å². The van der Waals surface area contributed by atoms with Crippen LogP contribution < -0.4 is 0 Å². The minimum atomic E-state index is -0.285. The fourth-order valence-corrected chi connectivity index (χ4v) is 3.54. The Bertz CT molecular complexity index is 704. The van der Waals surface area contributed by atoms with Crippen LogP contribution in [0.5, 0.6) is 0 Å². The minimum absolute atomic E-state index is 0.0612. The average molecular weight is 349 g/mol. The van der Waals surface area contributed by atoms with E-state index in [1.54, 1.807) is 6.08 Å². The third kappa shape index (κ3) is 5.30. The molecule has 1 aliphatic heterocycles. The highest BCUT2D eigenvalue weighted by Crippen LogP contribution is 2.24. The number of likely N-dealkylation sites (tertiary alicyclic amines) is 1. The number of amides is 1. The monoisotopic (exact) mass is 349 g/mol. The highest BCUT2D eigenvalue weighted by molar-refractivity contribution is 5.91. The van der Waals surface area contributed by atoms with Gasteiger partial charge >= 0.3 is 0 Å². The van der Waals surface area contributed by atoms with Crippen molar-refractivity contribution < 1.29 is 9.90 Å². The standard InChI is InChI=1S/C23H27NO2/c25-22(13-11-19-7-3-1-4-8-19)21-15-17-24(18-16-21)23(26)14-12-20-9-5-2-6-10-20/h1-10,12,14,21-22,25H,11,13,15-18H2/b14-12+/t22-/m1/s1. The predicted octanol–water partition coefficient (Wildman–Crippen LogP) is 3.93. The molecular formula is C23H27NO2. The Morgan fingerprint density at radius 1 is 1.04 bits per heavy atom. The van der Waals surface area contributed by atoms with Gasteiger partial charge in [-0.1, -0.05) is 60.7 Å². The summed E-state index contributed by atoms with van der Waals surface area (Å²) < 4.78 is 0. The summed E-state index contributed by atoms with van der Waals surface area (Å²) in [5, 5.41) is 10.5. The molecule has 136 valence electrons. The van der Waals surface area contributed by atoms with Gasteiger partial charge in [-0.2, -0.15) is 0 Å². The Balaban J connectivity index is 1.43. The van der Waals surface area contributed by atoms with Crippen LogP contribution in [0, 0.1) is 5.92 Å². The highest BCUT2D eigenvalue weighted by Gasteiger charge is 2.26. The Kier molecular flexibility index (Phi) is 6.62. The quantitative estimate of drug-likeness (QED) is 0.803. The summed E-state index contributed by atoms with van der Waals surface area (Å²) in [5.41, 5.74) is 2.30. The molecule has 0 saturated carbocycles. The van der Waals surface area contributed by atoms with Gasteiger partial charge in [0, 0.05) is 19.2 Å². The van der Waals surface area contributed by atoms with Crippen molar-refractivity contribution in [2.24, 2.45) is 5.92 Å². The summed E-state index contributed by atoms with van der Waals surface area (Å²) >= 11 is 0. The summed E-state index contributed by atoms with van der Waals surface area (Å²) in [7, 11) is 0. The fourth-order valence-electron chi connectivity index (χ4n) is 3.54. The van der Waals surface area contributed by atoms with Crippen LogP contribution >= 0.6 is 0 Å². The molecule has 3 heteroatoms. The molecule has 1 aliphatic rings. The van der Waals surface area contributed by atoms with Gasteiger partial charge in [0.1, 0.15) is 0 Å². The molecule has 0 radical (unpaired) electrons. The van der Waals surface area contributed by atoms with Gasteiger partial charge in [-0.3, -0.25) is 4.79 Å². The van der Waals surface area contributed by atoms with E-state index in [9.17, 15) is 9.90 Å². The molecule has 26 heavy (non-hydrogen) atoms. The van der Waals surface area contributed by atoms with Crippen LogP contribution in [0.2, 0.25) is 0 Å². The lowest BCUT2D eigenvalue weighted by Gasteiger charge is -2.33. The van der Waals surface area contributed by atoms with Crippen LogP contribution in [0.25, 0.3) is 6.08 Å². The molecule has 1 heterocycles. The largest absolute Gasteiger partial charge is 0.393 e. The molecule has 2 aromatic carbocycles. The second-order valence-corrected chi connectivity index (χ2v) is 7.00. The summed E-state index contributed by atoms with van der Waals surface area (Å²) in [6, 6.07) is 20.2. The van der Waals surface area contributed by atoms with Gasteiger partial charge in [-0.05, 0) is 48.8 Å². The van der Waals surface area contributed by atoms with Crippen molar-refractivity contribution in [3.63, 3.8) is 0 Å². The Morgan fingerprint density at radius 3 is 2.31 bits per heavy atom. The molecule has 1 amide bonds. The van der Waals surface area contributed by atoms with Crippen LogP contribution in [-0.4, -0.2) is 35.1 Å². The first-order chi connectivity index (χ1) is 12.7. The van der Waals surface area contributed by atoms with Crippen molar-refractivity contribution >= 4 is 12.0 Å². The first-order valence-electron chi connectivity index (χ1n) is 9.46. The summed E-state index contributed by atoms with van der Waals surface area (Å²) in [5.74, 6) is 0.354. The van der Waals surface area contributed by atoms with Gasteiger partial charge in [0.2, 0.25) is 5.91 Å². The van der Waals surface area contributed by atoms with E-state index in [0.717, 1.165) is 44.3 Å². The zero-order valence-corrected chi connectivity index (χ0v) is 15.1. The Labute approximate surface area is 156 Å². The lowest BCUT2D eigenvalue weighted by Crippen LogP contribution is -2.40. The van der Waals surface area contributed by atoms with E-state index in [2.05, 4.69) is 12.1 Å². The molecule has 0 spiro atoms. The Hall–Kier alpha value is -2.39. The zero-order chi connectivity index (χ0) is 18.2. The SMILES string of the molecule is O=C(/C=C/c1ccccc1)N1CCC([C@H](O)CCc2ccccc2)CC1. The second-order valence-electron chi connectivity index (χ2n) is 7.00. The summed E-state index contributed by atoms with van der Waals surface area (Å²) in [6.45, 7) is 1.45. The van der Waals surface area contributed by atoms with Crippen LogP contribution in [-0.2, 0) is 11.2 Å². The van der Waals surface area contributed by atoms with E-state index < -0.39 is 0 Å².